The minimum atomic E-state index is -4.39. The third kappa shape index (κ3) is 5.33. The average Bonchev–Trinajstić information content (AvgIpc) is 2.73. The summed E-state index contributed by atoms with van der Waals surface area (Å²) in [5, 5.41) is 0.545. The summed E-state index contributed by atoms with van der Waals surface area (Å²) in [7, 11) is 1.62. The maximum Gasteiger partial charge on any atom is 0.416 e. The van der Waals surface area contributed by atoms with Gasteiger partial charge in [0.05, 0.1) is 11.5 Å². The SMILES string of the molecule is CN(Cc1ccc(C(F)(F)F)cc1)C(=O)C1CCCN(C(=O)c2ccc(Cl)cc2)C1. The fourth-order valence-electron chi connectivity index (χ4n) is 3.60. The molecule has 1 atom stereocenters. The zero-order valence-electron chi connectivity index (χ0n) is 16.5. The summed E-state index contributed by atoms with van der Waals surface area (Å²) >= 11 is 5.87. The number of halogens is 4. The molecule has 0 aliphatic carbocycles. The number of carbonyl (C=O) groups excluding carboxylic acids is 2. The highest BCUT2D eigenvalue weighted by Crippen LogP contribution is 2.29. The molecule has 3 rings (SSSR count). The van der Waals surface area contributed by atoms with Crippen molar-refractivity contribution in [3.63, 3.8) is 0 Å². The van der Waals surface area contributed by atoms with Gasteiger partial charge in [0, 0.05) is 37.3 Å². The number of alkyl halides is 3. The molecule has 2 aromatic carbocycles. The predicted octanol–water partition coefficient (Wildman–Crippen LogP) is 4.87. The van der Waals surface area contributed by atoms with Crippen LogP contribution >= 0.6 is 11.6 Å². The zero-order chi connectivity index (χ0) is 21.9. The Morgan fingerprint density at radius 2 is 1.73 bits per heavy atom. The first-order chi connectivity index (χ1) is 14.1. The summed E-state index contributed by atoms with van der Waals surface area (Å²) in [6.07, 6.45) is -3.01. The van der Waals surface area contributed by atoms with E-state index in [0.29, 0.717) is 42.1 Å². The highest BCUT2D eigenvalue weighted by Gasteiger charge is 2.32. The van der Waals surface area contributed by atoms with Crippen molar-refractivity contribution < 1.29 is 22.8 Å². The number of amides is 2. The van der Waals surface area contributed by atoms with Gasteiger partial charge in [-0.15, -0.1) is 0 Å². The Bertz CT molecular complexity index is 898. The Balaban J connectivity index is 1.61. The van der Waals surface area contributed by atoms with Crippen LogP contribution in [0, 0.1) is 5.92 Å². The molecule has 1 unspecified atom stereocenters. The van der Waals surface area contributed by atoms with Gasteiger partial charge in [0.1, 0.15) is 0 Å². The molecule has 0 radical (unpaired) electrons. The van der Waals surface area contributed by atoms with Gasteiger partial charge in [0.2, 0.25) is 5.91 Å². The number of piperidine rings is 1. The molecule has 2 aromatic rings. The van der Waals surface area contributed by atoms with Crippen LogP contribution in [-0.2, 0) is 17.5 Å². The van der Waals surface area contributed by atoms with Crippen molar-refractivity contribution in [1.82, 2.24) is 9.80 Å². The number of rotatable bonds is 4. The lowest BCUT2D eigenvalue weighted by Gasteiger charge is -2.34. The molecule has 160 valence electrons. The van der Waals surface area contributed by atoms with Crippen LogP contribution in [0.1, 0.15) is 34.3 Å². The largest absolute Gasteiger partial charge is 0.416 e. The number of hydrogen-bond donors (Lipinski definition) is 0. The van der Waals surface area contributed by atoms with Crippen molar-refractivity contribution in [2.45, 2.75) is 25.6 Å². The van der Waals surface area contributed by atoms with Gasteiger partial charge in [-0.2, -0.15) is 13.2 Å². The van der Waals surface area contributed by atoms with Gasteiger partial charge in [-0.25, -0.2) is 0 Å². The highest BCUT2D eigenvalue weighted by atomic mass is 35.5. The van der Waals surface area contributed by atoms with Crippen LogP contribution in [0.5, 0.6) is 0 Å². The van der Waals surface area contributed by atoms with Gasteiger partial charge in [-0.1, -0.05) is 23.7 Å². The topological polar surface area (TPSA) is 40.6 Å². The monoisotopic (exact) mass is 438 g/mol. The van der Waals surface area contributed by atoms with Crippen LogP contribution in [0.25, 0.3) is 0 Å². The minimum Gasteiger partial charge on any atom is -0.341 e. The lowest BCUT2D eigenvalue weighted by molar-refractivity contribution is -0.138. The molecule has 0 N–H and O–H groups in total. The van der Waals surface area contributed by atoms with E-state index in [2.05, 4.69) is 0 Å². The van der Waals surface area contributed by atoms with E-state index in [1.165, 1.54) is 17.0 Å². The van der Waals surface area contributed by atoms with Crippen molar-refractivity contribution in [2.75, 3.05) is 20.1 Å². The number of benzene rings is 2. The maximum absolute atomic E-state index is 12.9. The van der Waals surface area contributed by atoms with Crippen LogP contribution in [0.3, 0.4) is 0 Å². The molecule has 0 bridgehead atoms. The van der Waals surface area contributed by atoms with Gasteiger partial charge in [-0.05, 0) is 54.8 Å². The number of carbonyl (C=O) groups is 2. The summed E-state index contributed by atoms with van der Waals surface area (Å²) in [6.45, 7) is 1.10. The molecule has 1 aliphatic rings. The van der Waals surface area contributed by atoms with Gasteiger partial charge < -0.3 is 9.80 Å². The Morgan fingerprint density at radius 3 is 2.33 bits per heavy atom. The summed E-state index contributed by atoms with van der Waals surface area (Å²) < 4.78 is 38.1. The second-order valence-electron chi connectivity index (χ2n) is 7.49. The van der Waals surface area contributed by atoms with Crippen LogP contribution < -0.4 is 0 Å². The Kier molecular flexibility index (Phi) is 6.71. The summed E-state index contributed by atoms with van der Waals surface area (Å²) in [6, 6.07) is 11.4. The molecule has 4 nitrogen and oxygen atoms in total. The molecule has 0 saturated carbocycles. The maximum atomic E-state index is 12.9. The molecular formula is C22H22ClF3N2O2. The number of nitrogens with zero attached hydrogens (tertiary/aromatic N) is 2. The molecule has 0 spiro atoms. The molecule has 2 amide bonds. The van der Waals surface area contributed by atoms with Crippen molar-refractivity contribution in [2.24, 2.45) is 5.92 Å². The van der Waals surface area contributed by atoms with Gasteiger partial charge in [0.15, 0.2) is 0 Å². The van der Waals surface area contributed by atoms with E-state index in [9.17, 15) is 22.8 Å². The molecular weight excluding hydrogens is 417 g/mol. The van der Waals surface area contributed by atoms with Crippen molar-refractivity contribution in [3.8, 4) is 0 Å². The van der Waals surface area contributed by atoms with Gasteiger partial charge in [0.25, 0.3) is 5.91 Å². The van der Waals surface area contributed by atoms with Gasteiger partial charge in [-0.3, -0.25) is 9.59 Å². The molecule has 1 heterocycles. The quantitative estimate of drug-likeness (QED) is 0.683. The first kappa shape index (κ1) is 22.2. The van der Waals surface area contributed by atoms with E-state index < -0.39 is 11.7 Å². The van der Waals surface area contributed by atoms with Gasteiger partial charge >= 0.3 is 6.18 Å². The molecule has 8 heteroatoms. The number of hydrogen-bond acceptors (Lipinski definition) is 2. The van der Waals surface area contributed by atoms with Crippen LogP contribution in [0.15, 0.2) is 48.5 Å². The lowest BCUT2D eigenvalue weighted by atomic mass is 9.95. The van der Waals surface area contributed by atoms with E-state index in [0.717, 1.165) is 12.1 Å². The summed E-state index contributed by atoms with van der Waals surface area (Å²) in [4.78, 5) is 28.8. The fourth-order valence-corrected chi connectivity index (χ4v) is 3.73. The van der Waals surface area contributed by atoms with Crippen LogP contribution in [0.4, 0.5) is 13.2 Å². The van der Waals surface area contributed by atoms with E-state index in [1.807, 2.05) is 0 Å². The first-order valence-electron chi connectivity index (χ1n) is 9.61. The lowest BCUT2D eigenvalue weighted by Crippen LogP contribution is -2.45. The molecule has 0 aromatic heterocycles. The Hall–Kier alpha value is -2.54. The standard InChI is InChI=1S/C22H22ClF3N2O2/c1-27(13-15-4-8-18(9-5-15)22(24,25)26)20(29)17-3-2-12-28(14-17)21(30)16-6-10-19(23)11-7-16/h4-11,17H,2-3,12-14H2,1H3. The normalized spacial score (nSPS) is 17.0. The van der Waals surface area contributed by atoms with Crippen LogP contribution in [0.2, 0.25) is 5.02 Å². The predicted molar refractivity (Wildman–Crippen MR) is 108 cm³/mol. The summed E-state index contributed by atoms with van der Waals surface area (Å²) in [5.74, 6) is -0.604. The Morgan fingerprint density at radius 1 is 1.10 bits per heavy atom. The third-order valence-electron chi connectivity index (χ3n) is 5.23. The van der Waals surface area contributed by atoms with Crippen molar-refractivity contribution in [3.05, 3.63) is 70.2 Å². The average molecular weight is 439 g/mol. The molecule has 30 heavy (non-hydrogen) atoms. The minimum absolute atomic E-state index is 0.122. The van der Waals surface area contributed by atoms with Crippen molar-refractivity contribution in [1.29, 1.82) is 0 Å². The molecule has 1 saturated heterocycles. The Labute approximate surface area is 178 Å². The second kappa shape index (κ2) is 9.08. The molecule has 1 fully saturated rings. The van der Waals surface area contributed by atoms with E-state index in [-0.39, 0.29) is 24.3 Å². The van der Waals surface area contributed by atoms with E-state index in [4.69, 9.17) is 11.6 Å². The van der Waals surface area contributed by atoms with Crippen LogP contribution in [-0.4, -0.2) is 41.8 Å². The third-order valence-corrected chi connectivity index (χ3v) is 5.48. The smallest absolute Gasteiger partial charge is 0.341 e. The first-order valence-corrected chi connectivity index (χ1v) is 9.99. The number of likely N-dealkylation sites (tertiary alicyclic amines) is 1. The van der Waals surface area contributed by atoms with E-state index >= 15 is 0 Å². The fraction of sp³-hybridized carbons (Fsp3) is 0.364. The van der Waals surface area contributed by atoms with E-state index in [1.54, 1.807) is 36.2 Å². The highest BCUT2D eigenvalue weighted by molar-refractivity contribution is 6.30. The second-order valence-corrected chi connectivity index (χ2v) is 7.92. The molecule has 1 aliphatic heterocycles. The van der Waals surface area contributed by atoms with Crippen molar-refractivity contribution >= 4 is 23.4 Å². The zero-order valence-corrected chi connectivity index (χ0v) is 17.2. The summed E-state index contributed by atoms with van der Waals surface area (Å²) in [5.41, 5.74) is 0.415.